The summed E-state index contributed by atoms with van der Waals surface area (Å²) in [7, 11) is 0. The molecular formula is C8H11NO2. The fourth-order valence-corrected chi connectivity index (χ4v) is 2.26. The number of rotatable bonds is 1. The summed E-state index contributed by atoms with van der Waals surface area (Å²) >= 11 is 0. The lowest BCUT2D eigenvalue weighted by Crippen LogP contribution is -2.51. The van der Waals surface area contributed by atoms with E-state index in [9.17, 15) is 9.59 Å². The second kappa shape index (κ2) is 1.84. The summed E-state index contributed by atoms with van der Waals surface area (Å²) in [5.74, 6) is 0.200. The molecule has 0 aromatic heterocycles. The number of Topliss-reactive ketones (excluding diaryl/α,β-unsaturated/α-hetero) is 1. The summed E-state index contributed by atoms with van der Waals surface area (Å²) in [6.45, 7) is 0. The van der Waals surface area contributed by atoms with Crippen molar-refractivity contribution in [3.05, 3.63) is 0 Å². The molecule has 0 unspecified atom stereocenters. The summed E-state index contributed by atoms with van der Waals surface area (Å²) in [6.07, 6.45) is 3.09. The van der Waals surface area contributed by atoms with E-state index in [1.165, 1.54) is 0 Å². The number of amides is 1. The van der Waals surface area contributed by atoms with Gasteiger partial charge in [0.15, 0.2) is 0 Å². The van der Waals surface area contributed by atoms with Crippen molar-refractivity contribution >= 4 is 11.7 Å². The van der Waals surface area contributed by atoms with Crippen LogP contribution in [0.1, 0.15) is 25.7 Å². The Morgan fingerprint density at radius 1 is 1.45 bits per heavy atom. The van der Waals surface area contributed by atoms with Crippen LogP contribution in [0.15, 0.2) is 0 Å². The minimum Gasteiger partial charge on any atom is -0.369 e. The first kappa shape index (κ1) is 6.83. The predicted octanol–water partition coefficient (Wildman–Crippen LogP) is 0.231. The molecule has 0 aliphatic heterocycles. The third kappa shape index (κ3) is 0.870. The maximum Gasteiger partial charge on any atom is 0.220 e. The molecule has 1 spiro atoms. The third-order valence-corrected chi connectivity index (χ3v) is 2.91. The van der Waals surface area contributed by atoms with Crippen molar-refractivity contribution < 1.29 is 9.59 Å². The quantitative estimate of drug-likeness (QED) is 0.586. The number of hydrogen-bond acceptors (Lipinski definition) is 2. The molecule has 2 aliphatic carbocycles. The van der Waals surface area contributed by atoms with Crippen LogP contribution in [0.4, 0.5) is 0 Å². The molecule has 3 nitrogen and oxygen atoms in total. The summed E-state index contributed by atoms with van der Waals surface area (Å²) < 4.78 is 0. The zero-order valence-electron chi connectivity index (χ0n) is 6.30. The van der Waals surface area contributed by atoms with Crippen LogP contribution in [0.2, 0.25) is 0 Å². The first-order valence-electron chi connectivity index (χ1n) is 3.92. The van der Waals surface area contributed by atoms with Crippen molar-refractivity contribution in [3.8, 4) is 0 Å². The van der Waals surface area contributed by atoms with E-state index in [2.05, 4.69) is 0 Å². The lowest BCUT2D eigenvalue weighted by molar-refractivity contribution is -0.148. The molecular weight excluding hydrogens is 142 g/mol. The van der Waals surface area contributed by atoms with Gasteiger partial charge in [0.05, 0.1) is 0 Å². The average Bonchev–Trinajstić information content (AvgIpc) is 1.73. The van der Waals surface area contributed by atoms with Gasteiger partial charge in [-0.25, -0.2) is 0 Å². The minimum absolute atomic E-state index is 0.0584. The second-order valence-corrected chi connectivity index (χ2v) is 3.90. The van der Waals surface area contributed by atoms with E-state index in [1.54, 1.807) is 0 Å². The number of primary amides is 1. The molecule has 0 aromatic carbocycles. The number of carbonyl (C=O) groups is 2. The van der Waals surface area contributed by atoms with Crippen LogP contribution >= 0.6 is 0 Å². The molecule has 1 amide bonds. The molecule has 0 atom stereocenters. The maximum absolute atomic E-state index is 10.7. The van der Waals surface area contributed by atoms with Crippen molar-refractivity contribution in [3.63, 3.8) is 0 Å². The van der Waals surface area contributed by atoms with Crippen molar-refractivity contribution in [1.82, 2.24) is 0 Å². The molecule has 3 heteroatoms. The highest BCUT2D eigenvalue weighted by Crippen LogP contribution is 2.56. The Hall–Kier alpha value is -0.860. The Bertz CT molecular complexity index is 218. The standard InChI is InChI=1S/C8H11NO2/c9-7(11)5-1-8(2-5)3-6(10)4-8/h5H,1-4H2,(H2,9,11). The van der Waals surface area contributed by atoms with Crippen LogP contribution in [0.25, 0.3) is 0 Å². The van der Waals surface area contributed by atoms with Crippen LogP contribution in [-0.2, 0) is 9.59 Å². The van der Waals surface area contributed by atoms with Gasteiger partial charge < -0.3 is 5.73 Å². The van der Waals surface area contributed by atoms with Crippen LogP contribution in [0, 0.1) is 11.3 Å². The van der Waals surface area contributed by atoms with Gasteiger partial charge >= 0.3 is 0 Å². The van der Waals surface area contributed by atoms with Crippen molar-refractivity contribution in [1.29, 1.82) is 0 Å². The summed E-state index contributed by atoms with van der Waals surface area (Å²) in [4.78, 5) is 21.3. The largest absolute Gasteiger partial charge is 0.369 e. The second-order valence-electron chi connectivity index (χ2n) is 3.90. The summed E-state index contributed by atoms with van der Waals surface area (Å²) in [5.41, 5.74) is 5.33. The Morgan fingerprint density at radius 2 is 2.00 bits per heavy atom. The highest BCUT2D eigenvalue weighted by Gasteiger charge is 2.54. The number of nitrogens with two attached hydrogens (primary N) is 1. The Kier molecular flexibility index (Phi) is 1.14. The van der Waals surface area contributed by atoms with E-state index < -0.39 is 0 Å². The molecule has 0 radical (unpaired) electrons. The monoisotopic (exact) mass is 153 g/mol. The van der Waals surface area contributed by atoms with Crippen LogP contribution in [0.3, 0.4) is 0 Å². The van der Waals surface area contributed by atoms with Crippen LogP contribution in [-0.4, -0.2) is 11.7 Å². The number of ketones is 1. The zero-order chi connectivity index (χ0) is 8.06. The van der Waals surface area contributed by atoms with Gasteiger partial charge in [-0.15, -0.1) is 0 Å². The number of carbonyl (C=O) groups excluding carboxylic acids is 2. The van der Waals surface area contributed by atoms with E-state index in [4.69, 9.17) is 5.73 Å². The van der Waals surface area contributed by atoms with Gasteiger partial charge in [-0.2, -0.15) is 0 Å². The number of hydrogen-bond donors (Lipinski definition) is 1. The molecule has 0 heterocycles. The molecule has 0 aromatic rings. The minimum atomic E-state index is -0.199. The molecule has 0 saturated heterocycles. The van der Waals surface area contributed by atoms with Gasteiger partial charge in [-0.1, -0.05) is 0 Å². The van der Waals surface area contributed by atoms with E-state index in [1.807, 2.05) is 0 Å². The molecule has 0 bridgehead atoms. The van der Waals surface area contributed by atoms with Gasteiger partial charge in [0.1, 0.15) is 5.78 Å². The Morgan fingerprint density at radius 3 is 2.36 bits per heavy atom. The van der Waals surface area contributed by atoms with Crippen molar-refractivity contribution in [2.24, 2.45) is 17.1 Å². The highest BCUT2D eigenvalue weighted by atomic mass is 16.1. The van der Waals surface area contributed by atoms with E-state index in [0.717, 1.165) is 12.8 Å². The predicted molar refractivity (Wildman–Crippen MR) is 38.6 cm³/mol. The van der Waals surface area contributed by atoms with Gasteiger partial charge in [0, 0.05) is 18.8 Å². The molecule has 2 saturated carbocycles. The zero-order valence-corrected chi connectivity index (χ0v) is 6.30. The lowest BCUT2D eigenvalue weighted by atomic mass is 9.51. The van der Waals surface area contributed by atoms with Crippen molar-refractivity contribution in [2.75, 3.05) is 0 Å². The van der Waals surface area contributed by atoms with Crippen molar-refractivity contribution in [2.45, 2.75) is 25.7 Å². The Balaban J connectivity index is 1.89. The van der Waals surface area contributed by atoms with Gasteiger partial charge in [0.25, 0.3) is 0 Å². The molecule has 11 heavy (non-hydrogen) atoms. The highest BCUT2D eigenvalue weighted by molar-refractivity contribution is 5.88. The molecule has 2 fully saturated rings. The molecule has 2 rings (SSSR count). The van der Waals surface area contributed by atoms with Gasteiger partial charge in [0.2, 0.25) is 5.91 Å². The maximum atomic E-state index is 10.7. The molecule has 2 aliphatic rings. The first-order valence-corrected chi connectivity index (χ1v) is 3.92. The van der Waals surface area contributed by atoms with Crippen LogP contribution in [0.5, 0.6) is 0 Å². The van der Waals surface area contributed by atoms with E-state index in [0.29, 0.717) is 18.6 Å². The van der Waals surface area contributed by atoms with Gasteiger partial charge in [-0.3, -0.25) is 9.59 Å². The van der Waals surface area contributed by atoms with E-state index >= 15 is 0 Å². The normalized spacial score (nSPS) is 27.8. The average molecular weight is 153 g/mol. The van der Waals surface area contributed by atoms with Gasteiger partial charge in [-0.05, 0) is 18.3 Å². The summed E-state index contributed by atoms with van der Waals surface area (Å²) in [5, 5.41) is 0. The topological polar surface area (TPSA) is 60.2 Å². The third-order valence-electron chi connectivity index (χ3n) is 2.91. The lowest BCUT2D eigenvalue weighted by Gasteiger charge is -2.51. The SMILES string of the molecule is NC(=O)C1CC2(CC(=O)C2)C1. The Labute approximate surface area is 64.9 Å². The first-order chi connectivity index (χ1) is 5.11. The fraction of sp³-hybridized carbons (Fsp3) is 0.750. The fourth-order valence-electron chi connectivity index (χ4n) is 2.26. The molecule has 2 N–H and O–H groups in total. The van der Waals surface area contributed by atoms with Crippen LogP contribution < -0.4 is 5.73 Å². The smallest absolute Gasteiger partial charge is 0.220 e. The molecule has 60 valence electrons. The van der Waals surface area contributed by atoms with E-state index in [-0.39, 0.29) is 17.2 Å². The summed E-state index contributed by atoms with van der Waals surface area (Å²) in [6, 6.07) is 0.